The molecule has 7 nitrogen and oxygen atoms in total. The molecule has 0 radical (unpaired) electrons. The van der Waals surface area contributed by atoms with Crippen molar-refractivity contribution in [3.8, 4) is 0 Å². The molecule has 1 aliphatic heterocycles. The number of ether oxygens (including phenoxy) is 1. The number of carbonyl (C=O) groups is 2. The Morgan fingerprint density at radius 1 is 1.19 bits per heavy atom. The van der Waals surface area contributed by atoms with Crippen molar-refractivity contribution in [3.63, 3.8) is 0 Å². The Hall–Kier alpha value is -2.19. The van der Waals surface area contributed by atoms with Gasteiger partial charge in [-0.05, 0) is 31.0 Å². The molecule has 2 rings (SSSR count). The van der Waals surface area contributed by atoms with Crippen LogP contribution >= 0.6 is 0 Å². The first-order chi connectivity index (χ1) is 12.4. The maximum atomic E-state index is 12.8. The van der Waals surface area contributed by atoms with E-state index in [0.29, 0.717) is 13.1 Å². The Labute approximate surface area is 154 Å². The molecular weight excluding hydrogens is 356 g/mol. The lowest BCUT2D eigenvalue weighted by Crippen LogP contribution is -2.32. The lowest BCUT2D eigenvalue weighted by Gasteiger charge is -2.20. The fraction of sp³-hybridized carbons (Fsp3) is 0.444. The Bertz CT molecular complexity index is 753. The van der Waals surface area contributed by atoms with E-state index in [4.69, 9.17) is 4.74 Å². The van der Waals surface area contributed by atoms with E-state index in [-0.39, 0.29) is 17.0 Å². The van der Waals surface area contributed by atoms with Gasteiger partial charge in [0, 0.05) is 19.6 Å². The highest BCUT2D eigenvalue weighted by Gasteiger charge is 2.26. The number of hydrogen-bond acceptors (Lipinski definition) is 5. The summed E-state index contributed by atoms with van der Waals surface area (Å²) in [6, 6.07) is 5.72. The lowest BCUT2D eigenvalue weighted by atomic mass is 10.2. The van der Waals surface area contributed by atoms with Gasteiger partial charge in [0.1, 0.15) is 0 Å². The van der Waals surface area contributed by atoms with Crippen LogP contribution < -0.4 is 5.32 Å². The van der Waals surface area contributed by atoms with Crippen molar-refractivity contribution in [3.05, 3.63) is 42.5 Å². The molecule has 0 atom stereocenters. The summed E-state index contributed by atoms with van der Waals surface area (Å²) < 4.78 is 32.0. The highest BCUT2D eigenvalue weighted by molar-refractivity contribution is 7.89. The zero-order valence-electron chi connectivity index (χ0n) is 14.6. The van der Waals surface area contributed by atoms with Crippen LogP contribution in [0.1, 0.15) is 36.0 Å². The summed E-state index contributed by atoms with van der Waals surface area (Å²) in [5, 5.41) is 2.49. The quantitative estimate of drug-likeness (QED) is 0.574. The third kappa shape index (κ3) is 5.40. The summed E-state index contributed by atoms with van der Waals surface area (Å²) in [5.41, 5.74) is 0.0948. The molecule has 1 aliphatic rings. The summed E-state index contributed by atoms with van der Waals surface area (Å²) >= 11 is 0. The van der Waals surface area contributed by atoms with Crippen LogP contribution in [0, 0.1) is 0 Å². The van der Waals surface area contributed by atoms with Gasteiger partial charge in [0.15, 0.2) is 6.61 Å². The van der Waals surface area contributed by atoms with Gasteiger partial charge in [0.05, 0.1) is 10.5 Å². The van der Waals surface area contributed by atoms with E-state index >= 15 is 0 Å². The van der Waals surface area contributed by atoms with Crippen molar-refractivity contribution in [1.29, 1.82) is 0 Å². The van der Waals surface area contributed by atoms with Crippen LogP contribution in [0.5, 0.6) is 0 Å². The molecule has 1 amide bonds. The van der Waals surface area contributed by atoms with Crippen LogP contribution in [0.25, 0.3) is 0 Å². The van der Waals surface area contributed by atoms with E-state index in [9.17, 15) is 18.0 Å². The van der Waals surface area contributed by atoms with Gasteiger partial charge < -0.3 is 10.1 Å². The molecule has 1 N–H and O–H groups in total. The van der Waals surface area contributed by atoms with Crippen molar-refractivity contribution in [2.75, 3.05) is 26.2 Å². The molecule has 142 valence electrons. The second-order valence-corrected chi connectivity index (χ2v) is 7.95. The van der Waals surface area contributed by atoms with Gasteiger partial charge in [-0.3, -0.25) is 4.79 Å². The molecule has 0 saturated carbocycles. The van der Waals surface area contributed by atoms with Gasteiger partial charge in [-0.1, -0.05) is 25.0 Å². The summed E-state index contributed by atoms with van der Waals surface area (Å²) in [6.07, 6.45) is 5.22. The van der Waals surface area contributed by atoms with Gasteiger partial charge in [0.25, 0.3) is 5.91 Å². The fourth-order valence-electron chi connectivity index (χ4n) is 2.67. The third-order valence-electron chi connectivity index (χ3n) is 4.05. The van der Waals surface area contributed by atoms with Crippen LogP contribution in [-0.2, 0) is 19.6 Å². The number of rotatable bonds is 7. The minimum absolute atomic E-state index is 0.0601. The predicted molar refractivity (Wildman–Crippen MR) is 97.2 cm³/mol. The van der Waals surface area contributed by atoms with E-state index in [1.54, 1.807) is 0 Å². The van der Waals surface area contributed by atoms with Gasteiger partial charge in [0.2, 0.25) is 10.0 Å². The van der Waals surface area contributed by atoms with Crippen molar-refractivity contribution >= 4 is 21.9 Å². The first kappa shape index (κ1) is 20.1. The second kappa shape index (κ2) is 9.49. The molecule has 0 spiro atoms. The second-order valence-electron chi connectivity index (χ2n) is 6.02. The summed E-state index contributed by atoms with van der Waals surface area (Å²) in [6.45, 7) is 4.29. The number of nitrogens with zero attached hydrogens (tertiary/aromatic N) is 1. The van der Waals surface area contributed by atoms with Crippen molar-refractivity contribution in [1.82, 2.24) is 9.62 Å². The Kier molecular flexibility index (Phi) is 7.35. The molecule has 1 heterocycles. The van der Waals surface area contributed by atoms with Crippen molar-refractivity contribution < 1.29 is 22.7 Å². The minimum Gasteiger partial charge on any atom is -0.452 e. The van der Waals surface area contributed by atoms with Crippen molar-refractivity contribution in [2.45, 2.75) is 30.6 Å². The van der Waals surface area contributed by atoms with Crippen LogP contribution in [0.15, 0.2) is 41.8 Å². The number of nitrogens with one attached hydrogen (secondary N) is 1. The van der Waals surface area contributed by atoms with E-state index in [2.05, 4.69) is 11.9 Å². The highest BCUT2D eigenvalue weighted by atomic mass is 32.2. The fourth-order valence-corrected chi connectivity index (χ4v) is 4.23. The molecule has 26 heavy (non-hydrogen) atoms. The molecule has 1 aromatic carbocycles. The molecule has 8 heteroatoms. The lowest BCUT2D eigenvalue weighted by molar-refractivity contribution is -0.124. The summed E-state index contributed by atoms with van der Waals surface area (Å²) in [4.78, 5) is 23.6. The van der Waals surface area contributed by atoms with E-state index in [1.165, 1.54) is 34.6 Å². The van der Waals surface area contributed by atoms with Gasteiger partial charge >= 0.3 is 5.97 Å². The molecule has 0 aromatic heterocycles. The Morgan fingerprint density at radius 3 is 2.54 bits per heavy atom. The zero-order valence-corrected chi connectivity index (χ0v) is 15.5. The largest absolute Gasteiger partial charge is 0.452 e. The average Bonchev–Trinajstić information content (AvgIpc) is 2.94. The van der Waals surface area contributed by atoms with E-state index in [0.717, 1.165) is 25.7 Å². The number of carbonyl (C=O) groups excluding carboxylic acids is 2. The molecule has 1 saturated heterocycles. The number of esters is 1. The summed E-state index contributed by atoms with van der Waals surface area (Å²) in [7, 11) is -3.65. The van der Waals surface area contributed by atoms with Gasteiger partial charge in [-0.2, -0.15) is 4.31 Å². The normalized spacial score (nSPS) is 15.7. The molecule has 1 aromatic rings. The minimum atomic E-state index is -3.65. The Morgan fingerprint density at radius 2 is 1.88 bits per heavy atom. The molecular formula is C18H24N2O5S. The van der Waals surface area contributed by atoms with Gasteiger partial charge in [-0.25, -0.2) is 13.2 Å². The topological polar surface area (TPSA) is 92.8 Å². The number of sulfonamides is 1. The highest BCUT2D eigenvalue weighted by Crippen LogP contribution is 2.21. The third-order valence-corrected chi connectivity index (χ3v) is 5.95. The number of amides is 1. The van der Waals surface area contributed by atoms with E-state index < -0.39 is 28.5 Å². The Balaban J connectivity index is 2.07. The first-order valence-electron chi connectivity index (χ1n) is 8.60. The van der Waals surface area contributed by atoms with Gasteiger partial charge in [-0.15, -0.1) is 6.58 Å². The standard InChI is InChI=1S/C18H24N2O5S/c1-2-10-19-17(21)14-25-18(22)15-8-7-9-16(13-15)26(23,24)20-11-5-3-4-6-12-20/h2,7-9,13H,1,3-6,10-12,14H2,(H,19,21). The van der Waals surface area contributed by atoms with Crippen LogP contribution in [0.2, 0.25) is 0 Å². The van der Waals surface area contributed by atoms with Crippen LogP contribution in [0.3, 0.4) is 0 Å². The summed E-state index contributed by atoms with van der Waals surface area (Å²) in [5.74, 6) is -1.20. The number of hydrogen-bond donors (Lipinski definition) is 1. The van der Waals surface area contributed by atoms with E-state index in [1.807, 2.05) is 0 Å². The van der Waals surface area contributed by atoms with Crippen molar-refractivity contribution in [2.24, 2.45) is 0 Å². The SMILES string of the molecule is C=CCNC(=O)COC(=O)c1cccc(S(=O)(=O)N2CCCCCC2)c1. The maximum Gasteiger partial charge on any atom is 0.338 e. The van der Waals surface area contributed by atoms with Crippen LogP contribution in [0.4, 0.5) is 0 Å². The average molecular weight is 380 g/mol. The monoisotopic (exact) mass is 380 g/mol. The first-order valence-corrected chi connectivity index (χ1v) is 10.0. The van der Waals surface area contributed by atoms with Crippen LogP contribution in [-0.4, -0.2) is 50.8 Å². The maximum absolute atomic E-state index is 12.8. The molecule has 1 fully saturated rings. The number of benzene rings is 1. The predicted octanol–water partition coefficient (Wildman–Crippen LogP) is 1.71. The molecule has 0 bridgehead atoms. The molecule has 0 unspecified atom stereocenters. The zero-order chi connectivity index (χ0) is 19.0. The molecule has 0 aliphatic carbocycles. The smallest absolute Gasteiger partial charge is 0.338 e.